The Morgan fingerprint density at radius 3 is 2.69 bits per heavy atom. The van der Waals surface area contributed by atoms with Crippen molar-refractivity contribution < 1.29 is 9.90 Å². The molecule has 3 nitrogen and oxygen atoms in total. The average Bonchev–Trinajstić information content (AvgIpc) is 2.35. The molecule has 0 aliphatic carbocycles. The standard InChI is InChI=1S/C9H12ClNO2/c1-9(2,8(12)13)6-11-5-3-4-7(11)10/h3-5H,6H2,1-2H3,(H,12,13). The molecule has 72 valence electrons. The lowest BCUT2D eigenvalue weighted by Gasteiger charge is -2.20. The summed E-state index contributed by atoms with van der Waals surface area (Å²) in [6.07, 6.45) is 1.77. The maximum atomic E-state index is 10.8. The van der Waals surface area contributed by atoms with Gasteiger partial charge in [-0.2, -0.15) is 0 Å². The van der Waals surface area contributed by atoms with Crippen LogP contribution in [-0.4, -0.2) is 15.6 Å². The van der Waals surface area contributed by atoms with Crippen molar-refractivity contribution in [1.82, 2.24) is 4.57 Å². The fourth-order valence-electron chi connectivity index (χ4n) is 1.01. The highest BCUT2D eigenvalue weighted by atomic mass is 35.5. The number of carbonyl (C=O) groups is 1. The molecule has 1 aromatic rings. The number of halogens is 1. The van der Waals surface area contributed by atoms with E-state index in [1.807, 2.05) is 0 Å². The van der Waals surface area contributed by atoms with Crippen LogP contribution in [0.1, 0.15) is 13.8 Å². The van der Waals surface area contributed by atoms with E-state index in [0.717, 1.165) is 0 Å². The smallest absolute Gasteiger partial charge is 0.310 e. The molecule has 0 fully saturated rings. The Kier molecular flexibility index (Phi) is 2.66. The van der Waals surface area contributed by atoms with Gasteiger partial charge < -0.3 is 9.67 Å². The molecule has 0 atom stereocenters. The second-order valence-electron chi connectivity index (χ2n) is 3.65. The molecule has 0 spiro atoms. The second-order valence-corrected chi connectivity index (χ2v) is 4.04. The summed E-state index contributed by atoms with van der Waals surface area (Å²) in [5.41, 5.74) is -0.789. The number of nitrogens with zero attached hydrogens (tertiary/aromatic N) is 1. The highest BCUT2D eigenvalue weighted by Gasteiger charge is 2.27. The van der Waals surface area contributed by atoms with Gasteiger partial charge in [0.2, 0.25) is 0 Å². The number of hydrogen-bond donors (Lipinski definition) is 1. The molecule has 1 aromatic heterocycles. The maximum Gasteiger partial charge on any atom is 0.310 e. The average molecular weight is 202 g/mol. The van der Waals surface area contributed by atoms with E-state index in [4.69, 9.17) is 16.7 Å². The molecule has 1 heterocycles. The van der Waals surface area contributed by atoms with Crippen LogP contribution in [0.4, 0.5) is 0 Å². The first-order chi connectivity index (χ1) is 5.93. The van der Waals surface area contributed by atoms with E-state index in [9.17, 15) is 4.79 Å². The van der Waals surface area contributed by atoms with Crippen LogP contribution in [0, 0.1) is 5.41 Å². The van der Waals surface area contributed by atoms with Gasteiger partial charge in [0.1, 0.15) is 5.15 Å². The lowest BCUT2D eigenvalue weighted by molar-refractivity contribution is -0.147. The van der Waals surface area contributed by atoms with Crippen LogP contribution >= 0.6 is 11.6 Å². The van der Waals surface area contributed by atoms with Crippen LogP contribution in [0.25, 0.3) is 0 Å². The Labute approximate surface area is 81.9 Å². The summed E-state index contributed by atoms with van der Waals surface area (Å²) in [6, 6.07) is 3.53. The van der Waals surface area contributed by atoms with Crippen LogP contribution < -0.4 is 0 Å². The topological polar surface area (TPSA) is 42.2 Å². The molecule has 0 saturated heterocycles. The first kappa shape index (κ1) is 10.1. The molecule has 4 heteroatoms. The predicted octanol–water partition coefficient (Wildman–Crippen LogP) is 2.25. The van der Waals surface area contributed by atoms with Gasteiger partial charge in [0.05, 0.1) is 5.41 Å². The Morgan fingerprint density at radius 2 is 2.31 bits per heavy atom. The third-order valence-electron chi connectivity index (χ3n) is 1.92. The molecule has 0 aliphatic heterocycles. The fourth-order valence-corrected chi connectivity index (χ4v) is 1.20. The van der Waals surface area contributed by atoms with Crippen molar-refractivity contribution in [3.05, 3.63) is 23.5 Å². The van der Waals surface area contributed by atoms with Crippen molar-refractivity contribution in [2.24, 2.45) is 5.41 Å². The van der Waals surface area contributed by atoms with E-state index in [1.165, 1.54) is 0 Å². The number of rotatable bonds is 3. The maximum absolute atomic E-state index is 10.8. The molecule has 0 amide bonds. The predicted molar refractivity (Wildman–Crippen MR) is 50.9 cm³/mol. The van der Waals surface area contributed by atoms with Gasteiger partial charge in [0.15, 0.2) is 0 Å². The monoisotopic (exact) mass is 201 g/mol. The van der Waals surface area contributed by atoms with Crippen LogP contribution in [0.3, 0.4) is 0 Å². The van der Waals surface area contributed by atoms with Crippen molar-refractivity contribution in [1.29, 1.82) is 0 Å². The van der Waals surface area contributed by atoms with Gasteiger partial charge in [-0.05, 0) is 26.0 Å². The highest BCUT2D eigenvalue weighted by molar-refractivity contribution is 6.29. The zero-order valence-corrected chi connectivity index (χ0v) is 8.38. The normalized spacial score (nSPS) is 11.6. The summed E-state index contributed by atoms with van der Waals surface area (Å²) in [5, 5.41) is 9.44. The van der Waals surface area contributed by atoms with Crippen LogP contribution in [0.15, 0.2) is 18.3 Å². The quantitative estimate of drug-likeness (QED) is 0.815. The first-order valence-corrected chi connectivity index (χ1v) is 4.35. The summed E-state index contributed by atoms with van der Waals surface area (Å²) in [7, 11) is 0. The third kappa shape index (κ3) is 2.25. The Morgan fingerprint density at radius 1 is 1.69 bits per heavy atom. The highest BCUT2D eigenvalue weighted by Crippen LogP contribution is 2.21. The number of carboxylic acid groups (broad SMARTS) is 1. The number of aromatic nitrogens is 1. The van der Waals surface area contributed by atoms with Crippen LogP contribution in [0.5, 0.6) is 0 Å². The minimum absolute atomic E-state index is 0.383. The molecule has 0 radical (unpaired) electrons. The van der Waals surface area contributed by atoms with Gasteiger partial charge in [-0.3, -0.25) is 4.79 Å². The molecular formula is C9H12ClNO2. The van der Waals surface area contributed by atoms with Gasteiger partial charge in [-0.25, -0.2) is 0 Å². The van der Waals surface area contributed by atoms with Gasteiger partial charge >= 0.3 is 5.97 Å². The van der Waals surface area contributed by atoms with E-state index in [2.05, 4.69) is 0 Å². The van der Waals surface area contributed by atoms with E-state index >= 15 is 0 Å². The summed E-state index contributed by atoms with van der Waals surface area (Å²) >= 11 is 5.82. The largest absolute Gasteiger partial charge is 0.481 e. The van der Waals surface area contributed by atoms with Gasteiger partial charge in [0.25, 0.3) is 0 Å². The summed E-state index contributed by atoms with van der Waals surface area (Å²) in [4.78, 5) is 10.8. The molecule has 0 aromatic carbocycles. The zero-order chi connectivity index (χ0) is 10.1. The second kappa shape index (κ2) is 3.42. The van der Waals surface area contributed by atoms with Crippen molar-refractivity contribution in [2.45, 2.75) is 20.4 Å². The minimum Gasteiger partial charge on any atom is -0.481 e. The SMILES string of the molecule is CC(C)(Cn1cccc1Cl)C(=O)O. The van der Waals surface area contributed by atoms with Gasteiger partial charge in [0, 0.05) is 12.7 Å². The fraction of sp³-hybridized carbons (Fsp3) is 0.444. The molecule has 0 saturated carbocycles. The molecule has 1 rings (SSSR count). The molecule has 1 N–H and O–H groups in total. The Hall–Kier alpha value is -0.960. The Balaban J connectivity index is 2.80. The van der Waals surface area contributed by atoms with Gasteiger partial charge in [-0.15, -0.1) is 0 Å². The molecule has 13 heavy (non-hydrogen) atoms. The molecular weight excluding hydrogens is 190 g/mol. The van der Waals surface area contributed by atoms with Crippen molar-refractivity contribution in [2.75, 3.05) is 0 Å². The van der Waals surface area contributed by atoms with Crippen molar-refractivity contribution in [3.8, 4) is 0 Å². The summed E-state index contributed by atoms with van der Waals surface area (Å²) < 4.78 is 1.72. The minimum atomic E-state index is -0.822. The summed E-state index contributed by atoms with van der Waals surface area (Å²) in [6.45, 7) is 3.73. The molecule has 0 aliphatic rings. The van der Waals surface area contributed by atoms with Gasteiger partial charge in [-0.1, -0.05) is 11.6 Å². The first-order valence-electron chi connectivity index (χ1n) is 3.97. The van der Waals surface area contributed by atoms with Crippen LogP contribution in [-0.2, 0) is 11.3 Å². The van der Waals surface area contributed by atoms with Crippen LogP contribution in [0.2, 0.25) is 5.15 Å². The lowest BCUT2D eigenvalue weighted by Crippen LogP contribution is -2.28. The van der Waals surface area contributed by atoms with Crippen molar-refractivity contribution >= 4 is 17.6 Å². The number of hydrogen-bond acceptors (Lipinski definition) is 1. The van der Waals surface area contributed by atoms with E-state index in [0.29, 0.717) is 11.7 Å². The van der Waals surface area contributed by atoms with E-state index in [-0.39, 0.29) is 0 Å². The third-order valence-corrected chi connectivity index (χ3v) is 2.26. The van der Waals surface area contributed by atoms with Crippen molar-refractivity contribution in [3.63, 3.8) is 0 Å². The lowest BCUT2D eigenvalue weighted by atomic mass is 9.94. The van der Waals surface area contributed by atoms with E-state index < -0.39 is 11.4 Å². The molecule has 0 unspecified atom stereocenters. The number of aliphatic carboxylic acids is 1. The number of carboxylic acids is 1. The Bertz CT molecular complexity index is 317. The molecule has 0 bridgehead atoms. The summed E-state index contributed by atoms with van der Waals surface area (Å²) in [5.74, 6) is -0.822. The van der Waals surface area contributed by atoms with E-state index in [1.54, 1.807) is 36.7 Å². The zero-order valence-electron chi connectivity index (χ0n) is 7.62.